The van der Waals surface area contributed by atoms with Gasteiger partial charge in [-0.2, -0.15) is 4.68 Å². The molecule has 33 heavy (non-hydrogen) atoms. The largest absolute Gasteiger partial charge is 0.481 e. The van der Waals surface area contributed by atoms with Crippen LogP contribution in [0.15, 0.2) is 54.9 Å². The number of pyridine rings is 2. The van der Waals surface area contributed by atoms with Crippen LogP contribution in [0.4, 0.5) is 0 Å². The quantitative estimate of drug-likeness (QED) is 0.466. The molecule has 0 saturated heterocycles. The summed E-state index contributed by atoms with van der Waals surface area (Å²) < 4.78 is 6.74. The Morgan fingerprint density at radius 2 is 1.94 bits per heavy atom. The highest BCUT2D eigenvalue weighted by Crippen LogP contribution is 2.25. The molecule has 0 spiro atoms. The Morgan fingerprint density at radius 3 is 2.61 bits per heavy atom. The number of amides is 1. The molecule has 0 unspecified atom stereocenters. The van der Waals surface area contributed by atoms with E-state index in [1.165, 1.54) is 0 Å². The zero-order chi connectivity index (χ0) is 23.4. The van der Waals surface area contributed by atoms with Crippen molar-refractivity contribution in [3.63, 3.8) is 0 Å². The van der Waals surface area contributed by atoms with Gasteiger partial charge in [0.2, 0.25) is 5.88 Å². The van der Waals surface area contributed by atoms with Gasteiger partial charge >= 0.3 is 0 Å². The van der Waals surface area contributed by atoms with Gasteiger partial charge in [0.15, 0.2) is 5.82 Å². The fraction of sp³-hybridized carbons (Fsp3) is 0.250. The van der Waals surface area contributed by atoms with E-state index in [2.05, 4.69) is 30.8 Å². The first-order valence-corrected chi connectivity index (χ1v) is 10.6. The second kappa shape index (κ2) is 9.56. The molecule has 0 aliphatic rings. The Kier molecular flexibility index (Phi) is 6.39. The molecule has 0 radical (unpaired) electrons. The number of hydrogen-bond acceptors (Lipinski definition) is 7. The SMILES string of the molecule is COc1ccc(CNC(=O)c2cc(-c3ccc(C)cn3)cc(-n3nnnc3C(C)C)c2)cn1. The second-order valence-corrected chi connectivity index (χ2v) is 7.98. The first kappa shape index (κ1) is 22.1. The number of carbonyl (C=O) groups is 1. The molecule has 9 nitrogen and oxygen atoms in total. The molecule has 0 aliphatic carbocycles. The van der Waals surface area contributed by atoms with Gasteiger partial charge in [0.05, 0.1) is 18.5 Å². The van der Waals surface area contributed by atoms with Crippen LogP contribution in [0.25, 0.3) is 16.9 Å². The molecule has 1 aromatic carbocycles. The van der Waals surface area contributed by atoms with Crippen LogP contribution >= 0.6 is 0 Å². The number of hydrogen-bond donors (Lipinski definition) is 1. The van der Waals surface area contributed by atoms with E-state index in [1.54, 1.807) is 36.3 Å². The maximum Gasteiger partial charge on any atom is 0.251 e. The molecule has 1 N–H and O–H groups in total. The Morgan fingerprint density at radius 1 is 1.09 bits per heavy atom. The lowest BCUT2D eigenvalue weighted by Gasteiger charge is -2.12. The summed E-state index contributed by atoms with van der Waals surface area (Å²) in [4.78, 5) is 21.8. The Balaban J connectivity index is 1.68. The lowest BCUT2D eigenvalue weighted by molar-refractivity contribution is 0.0951. The number of aryl methyl sites for hydroxylation is 1. The van der Waals surface area contributed by atoms with Gasteiger partial charge in [-0.1, -0.05) is 26.0 Å². The summed E-state index contributed by atoms with van der Waals surface area (Å²) in [6, 6.07) is 13.1. The number of ether oxygens (including phenoxy) is 1. The number of aromatic nitrogens is 6. The molecule has 1 amide bonds. The topological polar surface area (TPSA) is 108 Å². The highest BCUT2D eigenvalue weighted by atomic mass is 16.5. The number of nitrogens with one attached hydrogen (secondary N) is 1. The monoisotopic (exact) mass is 443 g/mol. The average Bonchev–Trinajstić information content (AvgIpc) is 3.33. The highest BCUT2D eigenvalue weighted by molar-refractivity contribution is 5.96. The predicted molar refractivity (Wildman–Crippen MR) is 123 cm³/mol. The van der Waals surface area contributed by atoms with Crippen molar-refractivity contribution in [2.75, 3.05) is 7.11 Å². The van der Waals surface area contributed by atoms with Crippen molar-refractivity contribution in [2.24, 2.45) is 0 Å². The van der Waals surface area contributed by atoms with Crippen LogP contribution in [0.1, 0.15) is 47.1 Å². The van der Waals surface area contributed by atoms with Crippen LogP contribution in [0.2, 0.25) is 0 Å². The van der Waals surface area contributed by atoms with E-state index in [0.717, 1.165) is 22.4 Å². The Bertz CT molecular complexity index is 1250. The van der Waals surface area contributed by atoms with E-state index in [1.807, 2.05) is 51.1 Å². The van der Waals surface area contributed by atoms with Crippen molar-refractivity contribution in [2.45, 2.75) is 33.2 Å². The van der Waals surface area contributed by atoms with Gasteiger partial charge in [-0.05, 0) is 52.7 Å². The summed E-state index contributed by atoms with van der Waals surface area (Å²) in [5, 5.41) is 15.1. The van der Waals surface area contributed by atoms with Crippen molar-refractivity contribution in [1.29, 1.82) is 0 Å². The molecule has 168 valence electrons. The minimum Gasteiger partial charge on any atom is -0.481 e. The number of benzene rings is 1. The van der Waals surface area contributed by atoms with E-state index in [-0.39, 0.29) is 11.8 Å². The molecular weight excluding hydrogens is 418 g/mol. The van der Waals surface area contributed by atoms with Crippen LogP contribution in [0.5, 0.6) is 5.88 Å². The molecule has 0 aliphatic heterocycles. The van der Waals surface area contributed by atoms with Crippen LogP contribution in [0, 0.1) is 6.92 Å². The molecule has 3 heterocycles. The summed E-state index contributed by atoms with van der Waals surface area (Å²) in [6.07, 6.45) is 3.47. The zero-order valence-electron chi connectivity index (χ0n) is 19.0. The summed E-state index contributed by atoms with van der Waals surface area (Å²) in [5.41, 5.74) is 4.66. The fourth-order valence-electron chi connectivity index (χ4n) is 3.31. The number of methoxy groups -OCH3 is 1. The number of carbonyl (C=O) groups excluding carboxylic acids is 1. The molecule has 0 atom stereocenters. The van der Waals surface area contributed by atoms with Crippen LogP contribution in [-0.4, -0.2) is 43.2 Å². The molecule has 0 bridgehead atoms. The van der Waals surface area contributed by atoms with Crippen molar-refractivity contribution < 1.29 is 9.53 Å². The average molecular weight is 444 g/mol. The summed E-state index contributed by atoms with van der Waals surface area (Å²) in [7, 11) is 1.56. The lowest BCUT2D eigenvalue weighted by Crippen LogP contribution is -2.23. The molecule has 9 heteroatoms. The maximum atomic E-state index is 13.1. The molecular formula is C24H25N7O2. The van der Waals surface area contributed by atoms with Gasteiger partial charge in [-0.25, -0.2) is 4.98 Å². The summed E-state index contributed by atoms with van der Waals surface area (Å²) in [5.74, 6) is 1.12. The highest BCUT2D eigenvalue weighted by Gasteiger charge is 2.16. The lowest BCUT2D eigenvalue weighted by atomic mass is 10.0. The van der Waals surface area contributed by atoms with Crippen molar-refractivity contribution in [1.82, 2.24) is 35.5 Å². The van der Waals surface area contributed by atoms with Crippen LogP contribution in [-0.2, 0) is 6.54 Å². The van der Waals surface area contributed by atoms with Gasteiger partial charge in [0, 0.05) is 42.0 Å². The third-order valence-electron chi connectivity index (χ3n) is 5.10. The van der Waals surface area contributed by atoms with E-state index >= 15 is 0 Å². The van der Waals surface area contributed by atoms with Crippen molar-refractivity contribution >= 4 is 5.91 Å². The molecule has 4 aromatic rings. The summed E-state index contributed by atoms with van der Waals surface area (Å²) in [6.45, 7) is 6.35. The van der Waals surface area contributed by atoms with E-state index in [4.69, 9.17) is 4.74 Å². The van der Waals surface area contributed by atoms with Gasteiger partial charge in [0.25, 0.3) is 5.91 Å². The normalized spacial score (nSPS) is 10.9. The minimum atomic E-state index is -0.222. The Labute approximate surface area is 191 Å². The van der Waals surface area contributed by atoms with Crippen molar-refractivity contribution in [3.8, 4) is 22.8 Å². The maximum absolute atomic E-state index is 13.1. The predicted octanol–water partition coefficient (Wildman–Crippen LogP) is 3.49. The van der Waals surface area contributed by atoms with Gasteiger partial charge in [0.1, 0.15) is 0 Å². The second-order valence-electron chi connectivity index (χ2n) is 7.98. The van der Waals surface area contributed by atoms with Gasteiger partial charge in [-0.15, -0.1) is 5.10 Å². The third-order valence-corrected chi connectivity index (χ3v) is 5.10. The Hall–Kier alpha value is -4.14. The minimum absolute atomic E-state index is 0.112. The number of rotatable bonds is 7. The number of tetrazole rings is 1. The first-order chi connectivity index (χ1) is 15.9. The van der Waals surface area contributed by atoms with E-state index < -0.39 is 0 Å². The van der Waals surface area contributed by atoms with Gasteiger partial charge in [-0.3, -0.25) is 9.78 Å². The third kappa shape index (κ3) is 5.03. The molecule has 0 saturated carbocycles. The van der Waals surface area contributed by atoms with Gasteiger partial charge < -0.3 is 10.1 Å². The number of nitrogens with zero attached hydrogens (tertiary/aromatic N) is 6. The molecule has 3 aromatic heterocycles. The smallest absolute Gasteiger partial charge is 0.251 e. The molecule has 0 fully saturated rings. The van der Waals surface area contributed by atoms with E-state index in [0.29, 0.717) is 29.5 Å². The van der Waals surface area contributed by atoms with E-state index in [9.17, 15) is 4.79 Å². The zero-order valence-corrected chi connectivity index (χ0v) is 19.0. The van der Waals surface area contributed by atoms with Crippen LogP contribution in [0.3, 0.4) is 0 Å². The first-order valence-electron chi connectivity index (χ1n) is 10.6. The van der Waals surface area contributed by atoms with Crippen LogP contribution < -0.4 is 10.1 Å². The summed E-state index contributed by atoms with van der Waals surface area (Å²) >= 11 is 0. The fourth-order valence-corrected chi connectivity index (χ4v) is 3.31. The standard InChI is InChI=1S/C24H25N7O2/c1-15(2)23-28-29-30-31(23)20-10-18(21-7-5-16(3)12-25-21)9-19(11-20)24(32)27-14-17-6-8-22(33-4)26-13-17/h5-13,15H,14H2,1-4H3,(H,27,32). The molecule has 4 rings (SSSR count). The van der Waals surface area contributed by atoms with Crippen molar-refractivity contribution in [3.05, 3.63) is 77.4 Å².